The van der Waals surface area contributed by atoms with E-state index in [1.54, 1.807) is 18.0 Å². The van der Waals surface area contributed by atoms with Crippen LogP contribution < -0.4 is 0 Å². The van der Waals surface area contributed by atoms with Crippen LogP contribution in [0.1, 0.15) is 47.9 Å². The SMILES string of the molecule is Cc1noc(CCC(=O)N2CCC[C@H](N(C)C(=O)c3nccc4ccccc34)CC2)n1. The maximum atomic E-state index is 13.2. The van der Waals surface area contributed by atoms with Gasteiger partial charge in [-0.3, -0.25) is 14.6 Å². The molecule has 8 heteroatoms. The van der Waals surface area contributed by atoms with Gasteiger partial charge in [-0.1, -0.05) is 29.4 Å². The summed E-state index contributed by atoms with van der Waals surface area (Å²) in [5.74, 6) is 1.08. The van der Waals surface area contributed by atoms with Crippen molar-refractivity contribution in [3.8, 4) is 0 Å². The standard InChI is InChI=1S/C23H27N5O3/c1-16-25-20(31-26-16)9-10-21(29)28-14-5-7-18(12-15-28)27(2)23(30)22-19-8-4-3-6-17(19)11-13-24-22/h3-4,6,8,11,13,18H,5,7,9-10,12,14-15H2,1-2H3/t18-/m0/s1. The molecule has 0 unspecified atom stereocenters. The lowest BCUT2D eigenvalue weighted by atomic mass is 10.1. The summed E-state index contributed by atoms with van der Waals surface area (Å²) < 4.78 is 5.09. The molecule has 1 saturated heterocycles. The third-order valence-corrected chi connectivity index (χ3v) is 5.92. The Bertz CT molecular complexity index is 1070. The number of hydrogen-bond donors (Lipinski definition) is 0. The van der Waals surface area contributed by atoms with Crippen molar-refractivity contribution < 1.29 is 14.1 Å². The summed E-state index contributed by atoms with van der Waals surface area (Å²) in [7, 11) is 1.84. The third kappa shape index (κ3) is 4.73. The number of amides is 2. The summed E-state index contributed by atoms with van der Waals surface area (Å²) in [5, 5.41) is 5.63. The van der Waals surface area contributed by atoms with E-state index in [1.807, 2.05) is 42.3 Å². The van der Waals surface area contributed by atoms with Gasteiger partial charge in [-0.15, -0.1) is 0 Å². The lowest BCUT2D eigenvalue weighted by Crippen LogP contribution is -2.39. The van der Waals surface area contributed by atoms with E-state index in [1.165, 1.54) is 0 Å². The van der Waals surface area contributed by atoms with E-state index >= 15 is 0 Å². The predicted octanol–water partition coefficient (Wildman–Crippen LogP) is 3.01. The van der Waals surface area contributed by atoms with E-state index < -0.39 is 0 Å². The van der Waals surface area contributed by atoms with Crippen molar-refractivity contribution >= 4 is 22.6 Å². The van der Waals surface area contributed by atoms with Gasteiger partial charge in [0.2, 0.25) is 11.8 Å². The Morgan fingerprint density at radius 3 is 2.84 bits per heavy atom. The van der Waals surface area contributed by atoms with E-state index in [4.69, 9.17) is 4.52 Å². The van der Waals surface area contributed by atoms with Crippen LogP contribution in [0.3, 0.4) is 0 Å². The molecule has 1 fully saturated rings. The molecular formula is C23H27N5O3. The van der Waals surface area contributed by atoms with Crippen LogP contribution in [-0.2, 0) is 11.2 Å². The molecule has 1 aliphatic rings. The van der Waals surface area contributed by atoms with Gasteiger partial charge < -0.3 is 14.3 Å². The molecule has 3 aromatic rings. The number of rotatable bonds is 5. The van der Waals surface area contributed by atoms with Crippen molar-refractivity contribution in [1.29, 1.82) is 0 Å². The Kier molecular flexibility index (Phi) is 6.25. The highest BCUT2D eigenvalue weighted by atomic mass is 16.5. The average Bonchev–Trinajstić information content (AvgIpc) is 3.06. The lowest BCUT2D eigenvalue weighted by Gasteiger charge is -2.27. The van der Waals surface area contributed by atoms with E-state index in [0.717, 1.165) is 30.0 Å². The molecule has 0 N–H and O–H groups in total. The molecule has 4 rings (SSSR count). The molecule has 0 aliphatic carbocycles. The maximum Gasteiger partial charge on any atom is 0.273 e. The van der Waals surface area contributed by atoms with Crippen molar-refractivity contribution in [2.75, 3.05) is 20.1 Å². The zero-order chi connectivity index (χ0) is 21.8. The molecule has 162 valence electrons. The number of aromatic nitrogens is 3. The molecule has 1 atom stereocenters. The zero-order valence-electron chi connectivity index (χ0n) is 18.0. The highest BCUT2D eigenvalue weighted by molar-refractivity contribution is 6.05. The summed E-state index contributed by atoms with van der Waals surface area (Å²) in [6.45, 7) is 3.09. The molecule has 3 heterocycles. The first-order chi connectivity index (χ1) is 15.0. The molecule has 8 nitrogen and oxygen atoms in total. The number of hydrogen-bond acceptors (Lipinski definition) is 6. The molecule has 0 bridgehead atoms. The summed E-state index contributed by atoms with van der Waals surface area (Å²) in [6, 6.07) is 9.78. The summed E-state index contributed by atoms with van der Waals surface area (Å²) in [5.41, 5.74) is 0.479. The van der Waals surface area contributed by atoms with Gasteiger partial charge in [0.1, 0.15) is 5.69 Å². The Hall–Kier alpha value is -3.29. The van der Waals surface area contributed by atoms with Gasteiger partial charge in [-0.25, -0.2) is 0 Å². The minimum Gasteiger partial charge on any atom is -0.343 e. The van der Waals surface area contributed by atoms with E-state index in [-0.39, 0.29) is 17.9 Å². The number of pyridine rings is 1. The van der Waals surface area contributed by atoms with E-state index in [9.17, 15) is 9.59 Å². The quantitative estimate of drug-likeness (QED) is 0.629. The summed E-state index contributed by atoms with van der Waals surface area (Å²) >= 11 is 0. The molecule has 1 aromatic carbocycles. The third-order valence-electron chi connectivity index (χ3n) is 5.92. The van der Waals surface area contributed by atoms with Crippen LogP contribution in [0.15, 0.2) is 41.1 Å². The molecule has 0 spiro atoms. The van der Waals surface area contributed by atoms with Gasteiger partial charge in [-0.05, 0) is 37.6 Å². The number of fused-ring (bicyclic) bond motifs is 1. The Morgan fingerprint density at radius 1 is 1.19 bits per heavy atom. The topological polar surface area (TPSA) is 92.4 Å². The molecular weight excluding hydrogens is 394 g/mol. The van der Waals surface area contributed by atoms with Crippen LogP contribution in [0, 0.1) is 6.92 Å². The molecule has 1 aliphatic heterocycles. The molecule has 31 heavy (non-hydrogen) atoms. The number of aryl methyl sites for hydroxylation is 2. The van der Waals surface area contributed by atoms with Crippen LogP contribution in [0.25, 0.3) is 10.8 Å². The van der Waals surface area contributed by atoms with Gasteiger partial charge in [0.05, 0.1) is 0 Å². The number of likely N-dealkylation sites (tertiary alicyclic amines) is 1. The largest absolute Gasteiger partial charge is 0.343 e. The minimum atomic E-state index is -0.0756. The van der Waals surface area contributed by atoms with Crippen LogP contribution >= 0.6 is 0 Å². The number of benzene rings is 1. The molecule has 2 amide bonds. The summed E-state index contributed by atoms with van der Waals surface area (Å²) in [4.78, 5) is 38.1. The highest BCUT2D eigenvalue weighted by Gasteiger charge is 2.27. The summed E-state index contributed by atoms with van der Waals surface area (Å²) in [6.07, 6.45) is 4.95. The van der Waals surface area contributed by atoms with Crippen LogP contribution in [0.2, 0.25) is 0 Å². The van der Waals surface area contributed by atoms with Crippen molar-refractivity contribution in [3.05, 3.63) is 53.9 Å². The fourth-order valence-electron chi connectivity index (χ4n) is 4.15. The van der Waals surface area contributed by atoms with Crippen LogP contribution in [0.5, 0.6) is 0 Å². The second-order valence-corrected chi connectivity index (χ2v) is 8.00. The van der Waals surface area contributed by atoms with Crippen LogP contribution in [-0.4, -0.2) is 62.9 Å². The maximum absolute atomic E-state index is 13.2. The van der Waals surface area contributed by atoms with Gasteiger partial charge in [0.15, 0.2) is 5.82 Å². The van der Waals surface area contributed by atoms with Crippen molar-refractivity contribution in [3.63, 3.8) is 0 Å². The highest BCUT2D eigenvalue weighted by Crippen LogP contribution is 2.22. The van der Waals surface area contributed by atoms with Crippen LogP contribution in [0.4, 0.5) is 0 Å². The molecule has 0 saturated carbocycles. The van der Waals surface area contributed by atoms with Gasteiger partial charge in [0, 0.05) is 50.6 Å². The van der Waals surface area contributed by atoms with Gasteiger partial charge >= 0.3 is 0 Å². The second kappa shape index (κ2) is 9.24. The normalized spacial score (nSPS) is 16.8. The fraction of sp³-hybridized carbons (Fsp3) is 0.435. The Morgan fingerprint density at radius 2 is 2.03 bits per heavy atom. The number of nitrogens with zero attached hydrogens (tertiary/aromatic N) is 5. The Labute approximate surface area is 181 Å². The molecule has 0 radical (unpaired) electrons. The van der Waals surface area contributed by atoms with Crippen molar-refractivity contribution in [2.24, 2.45) is 0 Å². The Balaban J connectivity index is 1.37. The van der Waals surface area contributed by atoms with Crippen molar-refractivity contribution in [2.45, 2.75) is 45.1 Å². The number of carbonyl (C=O) groups excluding carboxylic acids is 2. The fourth-order valence-corrected chi connectivity index (χ4v) is 4.15. The minimum absolute atomic E-state index is 0.0738. The first kappa shape index (κ1) is 21.0. The predicted molar refractivity (Wildman–Crippen MR) is 115 cm³/mol. The lowest BCUT2D eigenvalue weighted by molar-refractivity contribution is -0.131. The average molecular weight is 422 g/mol. The first-order valence-corrected chi connectivity index (χ1v) is 10.7. The van der Waals surface area contributed by atoms with E-state index in [0.29, 0.717) is 43.3 Å². The number of carbonyl (C=O) groups is 2. The van der Waals surface area contributed by atoms with Gasteiger partial charge in [0.25, 0.3) is 5.91 Å². The van der Waals surface area contributed by atoms with Gasteiger partial charge in [-0.2, -0.15) is 4.98 Å². The first-order valence-electron chi connectivity index (χ1n) is 10.7. The molecule has 2 aromatic heterocycles. The smallest absolute Gasteiger partial charge is 0.273 e. The second-order valence-electron chi connectivity index (χ2n) is 8.00. The van der Waals surface area contributed by atoms with E-state index in [2.05, 4.69) is 15.1 Å². The van der Waals surface area contributed by atoms with Crippen molar-refractivity contribution in [1.82, 2.24) is 24.9 Å². The monoisotopic (exact) mass is 421 g/mol. The zero-order valence-corrected chi connectivity index (χ0v) is 18.0.